The van der Waals surface area contributed by atoms with E-state index < -0.39 is 0 Å². The molecule has 0 saturated carbocycles. The van der Waals surface area contributed by atoms with Crippen LogP contribution in [0.25, 0.3) is 0 Å². The van der Waals surface area contributed by atoms with Gasteiger partial charge in [0, 0.05) is 13.0 Å². The average molecular weight is 155 g/mol. The maximum atomic E-state index is 11.1. The summed E-state index contributed by atoms with van der Waals surface area (Å²) < 4.78 is 0. The number of nitrogens with zero attached hydrogens (tertiary/aromatic N) is 1. The summed E-state index contributed by atoms with van der Waals surface area (Å²) in [5.74, 6) is 0.119. The first-order chi connectivity index (χ1) is 5.20. The van der Waals surface area contributed by atoms with Crippen LogP contribution in [0.4, 0.5) is 0 Å². The second-order valence-electron chi connectivity index (χ2n) is 3.53. The second kappa shape index (κ2) is 2.21. The molecule has 0 spiro atoms. The van der Waals surface area contributed by atoms with E-state index >= 15 is 0 Å². The van der Waals surface area contributed by atoms with E-state index in [4.69, 9.17) is 0 Å². The van der Waals surface area contributed by atoms with Crippen LogP contribution >= 0.6 is 0 Å². The molecule has 2 aliphatic rings. The largest absolute Gasteiger partial charge is 0.391 e. The van der Waals surface area contributed by atoms with Gasteiger partial charge in [-0.05, 0) is 19.3 Å². The van der Waals surface area contributed by atoms with Gasteiger partial charge in [-0.15, -0.1) is 0 Å². The van der Waals surface area contributed by atoms with Crippen molar-refractivity contribution in [3.8, 4) is 0 Å². The third-order valence-corrected chi connectivity index (χ3v) is 2.87. The Morgan fingerprint density at radius 2 is 2.27 bits per heavy atom. The Balaban J connectivity index is 2.19. The van der Waals surface area contributed by atoms with Crippen LogP contribution in [0, 0.1) is 0 Å². The number of fused-ring (bicyclic) bond motifs is 2. The molecule has 0 aromatic carbocycles. The van der Waals surface area contributed by atoms with Gasteiger partial charge in [0.1, 0.15) is 0 Å². The molecule has 0 radical (unpaired) electrons. The predicted molar refractivity (Wildman–Crippen MR) is 40.0 cm³/mol. The van der Waals surface area contributed by atoms with Gasteiger partial charge in [-0.25, -0.2) is 0 Å². The molecule has 3 atom stereocenters. The van der Waals surface area contributed by atoms with Crippen molar-refractivity contribution < 1.29 is 9.90 Å². The Kier molecular flexibility index (Phi) is 1.42. The summed E-state index contributed by atoms with van der Waals surface area (Å²) in [7, 11) is 0. The van der Waals surface area contributed by atoms with E-state index in [2.05, 4.69) is 0 Å². The highest BCUT2D eigenvalue weighted by molar-refractivity contribution is 5.75. The maximum Gasteiger partial charge on any atom is 0.220 e. The summed E-state index contributed by atoms with van der Waals surface area (Å²) in [6.07, 6.45) is 2.62. The van der Waals surface area contributed by atoms with Crippen molar-refractivity contribution >= 4 is 5.91 Å². The van der Waals surface area contributed by atoms with Crippen LogP contribution in [0.1, 0.15) is 26.2 Å². The molecule has 0 aromatic heterocycles. The summed E-state index contributed by atoms with van der Waals surface area (Å²) in [5.41, 5.74) is 0. The van der Waals surface area contributed by atoms with Crippen LogP contribution in [0.2, 0.25) is 0 Å². The summed E-state index contributed by atoms with van der Waals surface area (Å²) in [6.45, 7) is 1.59. The first-order valence-electron chi connectivity index (χ1n) is 4.17. The molecule has 1 N–H and O–H groups in total. The number of carbonyl (C=O) groups excluding carboxylic acids is 1. The number of hydrogen-bond acceptors (Lipinski definition) is 2. The van der Waals surface area contributed by atoms with E-state index in [-0.39, 0.29) is 18.1 Å². The van der Waals surface area contributed by atoms with Crippen molar-refractivity contribution in [2.45, 2.75) is 44.4 Å². The van der Waals surface area contributed by atoms with E-state index in [9.17, 15) is 9.90 Å². The second-order valence-corrected chi connectivity index (χ2v) is 3.53. The lowest BCUT2D eigenvalue weighted by molar-refractivity contribution is -0.130. The van der Waals surface area contributed by atoms with E-state index in [0.29, 0.717) is 6.04 Å². The van der Waals surface area contributed by atoms with Crippen LogP contribution in [0.3, 0.4) is 0 Å². The third-order valence-electron chi connectivity index (χ3n) is 2.87. The lowest BCUT2D eigenvalue weighted by Gasteiger charge is -2.20. The molecule has 0 aromatic rings. The molecule has 2 bridgehead atoms. The Hall–Kier alpha value is -0.570. The fraction of sp³-hybridized carbons (Fsp3) is 0.875. The molecule has 3 heteroatoms. The molecule has 62 valence electrons. The summed E-state index contributed by atoms with van der Waals surface area (Å²) in [4.78, 5) is 12.9. The molecule has 1 amide bonds. The van der Waals surface area contributed by atoms with Crippen molar-refractivity contribution in [2.75, 3.05) is 0 Å². The van der Waals surface area contributed by atoms with Gasteiger partial charge in [0.15, 0.2) is 0 Å². The lowest BCUT2D eigenvalue weighted by atomic mass is 9.98. The first-order valence-corrected chi connectivity index (χ1v) is 4.17. The summed E-state index contributed by atoms with van der Waals surface area (Å²) in [5, 5.41) is 9.44. The monoisotopic (exact) mass is 155 g/mol. The van der Waals surface area contributed by atoms with Crippen molar-refractivity contribution in [3.63, 3.8) is 0 Å². The number of amides is 1. The van der Waals surface area contributed by atoms with Crippen molar-refractivity contribution in [1.29, 1.82) is 0 Å². The van der Waals surface area contributed by atoms with Gasteiger partial charge in [-0.3, -0.25) is 4.79 Å². The van der Waals surface area contributed by atoms with E-state index in [1.165, 1.54) is 0 Å². The molecule has 2 aliphatic heterocycles. The van der Waals surface area contributed by atoms with Crippen LogP contribution in [0.5, 0.6) is 0 Å². The standard InChI is InChI=1S/C8H13NO2/c1-5(10)9-6-2-3-7(9)8(11)4-6/h6-8,11H,2-4H2,1H3/t6-,7+,8+/m0/s1. The summed E-state index contributed by atoms with van der Waals surface area (Å²) in [6, 6.07) is 0.477. The minimum Gasteiger partial charge on any atom is -0.391 e. The lowest BCUT2D eigenvalue weighted by Crippen LogP contribution is -2.35. The minimum absolute atomic E-state index is 0.119. The predicted octanol–water partition coefficient (Wildman–Crippen LogP) is 0.130. The molecule has 0 aliphatic carbocycles. The van der Waals surface area contributed by atoms with Gasteiger partial charge in [0.05, 0.1) is 12.1 Å². The highest BCUT2D eigenvalue weighted by Crippen LogP contribution is 2.37. The SMILES string of the molecule is CC(=O)N1[C@H]2CC[C@@H]1[C@H](O)C2. The normalized spacial score (nSPS) is 41.6. The molecule has 11 heavy (non-hydrogen) atoms. The van der Waals surface area contributed by atoms with Crippen molar-refractivity contribution in [2.24, 2.45) is 0 Å². The minimum atomic E-state index is -0.252. The Bertz CT molecular complexity index is 193. The Morgan fingerprint density at radius 3 is 2.55 bits per heavy atom. The smallest absolute Gasteiger partial charge is 0.220 e. The molecular weight excluding hydrogens is 142 g/mol. The van der Waals surface area contributed by atoms with Crippen LogP contribution in [0.15, 0.2) is 0 Å². The highest BCUT2D eigenvalue weighted by atomic mass is 16.3. The maximum absolute atomic E-state index is 11.1. The number of hydrogen-bond donors (Lipinski definition) is 1. The van der Waals surface area contributed by atoms with E-state index in [1.54, 1.807) is 6.92 Å². The fourth-order valence-electron chi connectivity index (χ4n) is 2.45. The molecular formula is C8H13NO2. The van der Waals surface area contributed by atoms with Gasteiger partial charge in [-0.2, -0.15) is 0 Å². The first kappa shape index (κ1) is 7.10. The van der Waals surface area contributed by atoms with Crippen LogP contribution in [-0.4, -0.2) is 34.1 Å². The molecule has 2 heterocycles. The van der Waals surface area contributed by atoms with Crippen molar-refractivity contribution in [1.82, 2.24) is 4.90 Å². The molecule has 3 nitrogen and oxygen atoms in total. The molecule has 2 saturated heterocycles. The molecule has 0 unspecified atom stereocenters. The average Bonchev–Trinajstić information content (AvgIpc) is 2.41. The topological polar surface area (TPSA) is 40.5 Å². The quantitative estimate of drug-likeness (QED) is 0.540. The van der Waals surface area contributed by atoms with Crippen LogP contribution < -0.4 is 0 Å². The highest BCUT2D eigenvalue weighted by Gasteiger charge is 2.46. The number of aliphatic hydroxyl groups is 1. The third kappa shape index (κ3) is 0.872. The number of rotatable bonds is 0. The van der Waals surface area contributed by atoms with Crippen molar-refractivity contribution in [3.05, 3.63) is 0 Å². The zero-order valence-electron chi connectivity index (χ0n) is 6.66. The van der Waals surface area contributed by atoms with E-state index in [1.807, 2.05) is 4.90 Å². The molecule has 2 rings (SSSR count). The zero-order chi connectivity index (χ0) is 8.01. The fourth-order valence-corrected chi connectivity index (χ4v) is 2.45. The summed E-state index contributed by atoms with van der Waals surface area (Å²) >= 11 is 0. The van der Waals surface area contributed by atoms with Gasteiger partial charge in [-0.1, -0.05) is 0 Å². The van der Waals surface area contributed by atoms with Gasteiger partial charge >= 0.3 is 0 Å². The zero-order valence-corrected chi connectivity index (χ0v) is 6.66. The number of aliphatic hydroxyl groups excluding tert-OH is 1. The number of carbonyl (C=O) groups is 1. The Morgan fingerprint density at radius 1 is 1.55 bits per heavy atom. The van der Waals surface area contributed by atoms with Gasteiger partial charge < -0.3 is 10.0 Å². The molecule has 2 fully saturated rings. The Labute approximate surface area is 66.0 Å². The van der Waals surface area contributed by atoms with Crippen LogP contribution in [-0.2, 0) is 4.79 Å². The van der Waals surface area contributed by atoms with Gasteiger partial charge in [0.25, 0.3) is 0 Å². The van der Waals surface area contributed by atoms with Gasteiger partial charge in [0.2, 0.25) is 5.91 Å². The van der Waals surface area contributed by atoms with E-state index in [0.717, 1.165) is 19.3 Å².